The maximum Gasteiger partial charge on any atom is 0.221 e. The van der Waals surface area contributed by atoms with Crippen molar-refractivity contribution in [2.45, 2.75) is 33.6 Å². The largest absolute Gasteiger partial charge is 0.369 e. The van der Waals surface area contributed by atoms with Crippen LogP contribution in [0.25, 0.3) is 0 Å². The molecule has 2 rings (SSSR count). The van der Waals surface area contributed by atoms with E-state index >= 15 is 0 Å². The van der Waals surface area contributed by atoms with Gasteiger partial charge in [0.2, 0.25) is 5.91 Å². The number of nitrogens with two attached hydrogens (primary N) is 1. The molecule has 0 saturated heterocycles. The number of carbonyl (C=O) groups is 1. The number of nitrogens with zero attached hydrogens (tertiary/aromatic N) is 3. The van der Waals surface area contributed by atoms with Gasteiger partial charge in [-0.3, -0.25) is 4.79 Å². The van der Waals surface area contributed by atoms with E-state index in [0.29, 0.717) is 34.4 Å². The van der Waals surface area contributed by atoms with Gasteiger partial charge < -0.3 is 15.6 Å². The van der Waals surface area contributed by atoms with Gasteiger partial charge in [0.15, 0.2) is 0 Å². The Labute approximate surface area is 172 Å². The Morgan fingerprint density at radius 1 is 1.14 bits per heavy atom. The van der Waals surface area contributed by atoms with Gasteiger partial charge in [0.1, 0.15) is 22.6 Å². The number of aromatic nitrogens is 1. The van der Waals surface area contributed by atoms with Gasteiger partial charge >= 0.3 is 0 Å². The Balaban J connectivity index is 0.000000520. The second kappa shape index (κ2) is 13.1. The van der Waals surface area contributed by atoms with E-state index in [2.05, 4.69) is 17.1 Å². The maximum atomic E-state index is 10.4. The highest BCUT2D eigenvalue weighted by Crippen LogP contribution is 2.23. The Hall–Kier alpha value is -3.16. The Kier molecular flexibility index (Phi) is 11.6. The van der Waals surface area contributed by atoms with Crippen molar-refractivity contribution in [3.05, 3.63) is 57.2 Å². The molecule has 1 amide bonds. The fraction of sp³-hybridized carbons (Fsp3) is 0.333. The number of carbonyl (C=O) groups excluding carboxylic acids is 1. The first-order chi connectivity index (χ1) is 13.3. The highest BCUT2D eigenvalue weighted by Gasteiger charge is 2.15. The highest BCUT2D eigenvalue weighted by atomic mass is 32.1. The lowest BCUT2D eigenvalue weighted by atomic mass is 10.0. The molecule has 6 nitrogen and oxygen atoms in total. The summed E-state index contributed by atoms with van der Waals surface area (Å²) in [4.78, 5) is 15.1. The predicted molar refractivity (Wildman–Crippen MR) is 115 cm³/mol. The molecule has 28 heavy (non-hydrogen) atoms. The molecule has 1 heterocycles. The van der Waals surface area contributed by atoms with Crippen LogP contribution in [0, 0.1) is 27.3 Å². The molecule has 148 valence electrons. The van der Waals surface area contributed by atoms with Crippen LogP contribution in [-0.2, 0) is 17.6 Å². The molecule has 0 atom stereocenters. The van der Waals surface area contributed by atoms with E-state index in [1.54, 1.807) is 4.90 Å². The van der Waals surface area contributed by atoms with E-state index in [9.17, 15) is 4.79 Å². The topological polar surface area (TPSA) is 110 Å². The average Bonchev–Trinajstić information content (AvgIpc) is 2.69. The molecule has 1 aromatic heterocycles. The predicted octanol–water partition coefficient (Wildman–Crippen LogP) is 3.86. The van der Waals surface area contributed by atoms with Gasteiger partial charge in [-0.1, -0.05) is 63.3 Å². The van der Waals surface area contributed by atoms with Crippen LogP contribution in [0.4, 0.5) is 5.82 Å². The summed E-state index contributed by atoms with van der Waals surface area (Å²) >= 11 is 5.11. The van der Waals surface area contributed by atoms with Gasteiger partial charge in [0.05, 0.1) is 17.5 Å². The number of rotatable bonds is 4. The smallest absolute Gasteiger partial charge is 0.221 e. The van der Waals surface area contributed by atoms with E-state index in [-0.39, 0.29) is 5.91 Å². The molecule has 0 bridgehead atoms. The molecule has 0 unspecified atom stereocenters. The van der Waals surface area contributed by atoms with E-state index in [0.717, 1.165) is 11.1 Å². The SMILES string of the molecule is CC.CCc1c(C#N)c(N(C)C)[nH]c(=S)c1C#N.NC(=O)Cc1ccccc1. The number of hydrogen-bond donors (Lipinski definition) is 2. The zero-order chi connectivity index (χ0) is 21.7. The fourth-order valence-corrected chi connectivity index (χ4v) is 2.63. The lowest BCUT2D eigenvalue weighted by molar-refractivity contribution is -0.117. The van der Waals surface area contributed by atoms with E-state index in [4.69, 9.17) is 28.5 Å². The minimum atomic E-state index is -0.286. The summed E-state index contributed by atoms with van der Waals surface area (Å²) in [5.74, 6) is 0.370. The Morgan fingerprint density at radius 3 is 2.07 bits per heavy atom. The van der Waals surface area contributed by atoms with E-state index in [1.165, 1.54) is 0 Å². The molecule has 7 heteroatoms. The van der Waals surface area contributed by atoms with Crippen molar-refractivity contribution in [1.29, 1.82) is 10.5 Å². The fourth-order valence-electron chi connectivity index (χ4n) is 2.36. The van der Waals surface area contributed by atoms with E-state index in [1.807, 2.05) is 65.2 Å². The zero-order valence-electron chi connectivity index (χ0n) is 17.0. The summed E-state index contributed by atoms with van der Waals surface area (Å²) in [5.41, 5.74) is 7.57. The summed E-state index contributed by atoms with van der Waals surface area (Å²) in [5, 5.41) is 18.2. The molecule has 2 aromatic rings. The minimum absolute atomic E-state index is 0.286. The van der Waals surface area contributed by atoms with Crippen LogP contribution in [0.3, 0.4) is 0 Å². The third-order valence-electron chi connectivity index (χ3n) is 3.54. The third kappa shape index (κ3) is 7.22. The van der Waals surface area contributed by atoms with Crippen LogP contribution >= 0.6 is 12.2 Å². The van der Waals surface area contributed by atoms with Crippen LogP contribution in [-0.4, -0.2) is 25.0 Å². The molecule has 0 radical (unpaired) electrons. The first kappa shape index (κ1) is 24.8. The van der Waals surface area contributed by atoms with Crippen molar-refractivity contribution in [3.8, 4) is 12.1 Å². The van der Waals surface area contributed by atoms with Gasteiger partial charge in [0, 0.05) is 14.1 Å². The van der Waals surface area contributed by atoms with Crippen molar-refractivity contribution < 1.29 is 4.79 Å². The summed E-state index contributed by atoms with van der Waals surface area (Å²) < 4.78 is 0.391. The molecule has 0 saturated carbocycles. The number of hydrogen-bond acceptors (Lipinski definition) is 5. The number of anilines is 1. The number of amides is 1. The van der Waals surface area contributed by atoms with Crippen LogP contribution in [0.1, 0.15) is 43.0 Å². The molecule has 1 aromatic carbocycles. The first-order valence-corrected chi connectivity index (χ1v) is 9.35. The summed E-state index contributed by atoms with van der Waals surface area (Å²) in [6, 6.07) is 13.6. The molecule has 3 N–H and O–H groups in total. The van der Waals surface area contributed by atoms with E-state index < -0.39 is 0 Å². The van der Waals surface area contributed by atoms with Crippen LogP contribution in [0.15, 0.2) is 30.3 Å². The standard InChI is InChI=1S/C11H12N4S.C8H9NO.C2H6/c1-4-7-8(5-12)10(15(2)3)14-11(16)9(7)6-13;9-8(10)6-7-4-2-1-3-5-7;1-2/h4H2,1-3H3,(H,14,16);1-5H,6H2,(H2,9,10);1-2H3. The summed E-state index contributed by atoms with van der Waals surface area (Å²) in [7, 11) is 3.65. The minimum Gasteiger partial charge on any atom is -0.369 e. The molecule has 0 aliphatic heterocycles. The van der Waals surface area contributed by atoms with Crippen LogP contribution in [0.2, 0.25) is 0 Å². The molecule has 0 fully saturated rings. The monoisotopic (exact) mass is 397 g/mol. The van der Waals surface area contributed by atoms with Crippen molar-refractivity contribution in [2.24, 2.45) is 5.73 Å². The summed E-state index contributed by atoms with van der Waals surface area (Å²) in [6.07, 6.45) is 0.950. The van der Waals surface area contributed by atoms with Gasteiger partial charge in [-0.2, -0.15) is 10.5 Å². The zero-order valence-corrected chi connectivity index (χ0v) is 17.9. The first-order valence-electron chi connectivity index (χ1n) is 8.94. The number of primary amides is 1. The summed E-state index contributed by atoms with van der Waals surface area (Å²) in [6.45, 7) is 5.91. The van der Waals surface area contributed by atoms with Gasteiger partial charge in [-0.25, -0.2) is 0 Å². The molecular formula is C21H27N5OS. The van der Waals surface area contributed by atoms with Crippen molar-refractivity contribution >= 4 is 23.9 Å². The second-order valence-electron chi connectivity index (χ2n) is 5.63. The Morgan fingerprint density at radius 2 is 1.68 bits per heavy atom. The normalized spacial score (nSPS) is 8.82. The van der Waals surface area contributed by atoms with Gasteiger partial charge in [0.25, 0.3) is 0 Å². The molecule has 0 spiro atoms. The third-order valence-corrected chi connectivity index (χ3v) is 3.85. The molecule has 0 aliphatic rings. The number of pyridine rings is 1. The second-order valence-corrected chi connectivity index (χ2v) is 6.04. The van der Waals surface area contributed by atoms with Crippen molar-refractivity contribution in [2.75, 3.05) is 19.0 Å². The van der Waals surface area contributed by atoms with Crippen molar-refractivity contribution in [1.82, 2.24) is 4.98 Å². The van der Waals surface area contributed by atoms with Crippen LogP contribution in [0.5, 0.6) is 0 Å². The van der Waals surface area contributed by atoms with Crippen LogP contribution < -0.4 is 10.6 Å². The van der Waals surface area contributed by atoms with Crippen molar-refractivity contribution in [3.63, 3.8) is 0 Å². The van der Waals surface area contributed by atoms with Gasteiger partial charge in [-0.15, -0.1) is 0 Å². The number of nitriles is 2. The number of aromatic amines is 1. The lowest BCUT2D eigenvalue weighted by Crippen LogP contribution is -2.15. The average molecular weight is 398 g/mol. The number of H-pyrrole nitrogens is 1. The molecule has 0 aliphatic carbocycles. The molecular weight excluding hydrogens is 370 g/mol. The quantitative estimate of drug-likeness (QED) is 0.761. The number of nitrogens with one attached hydrogen (secondary N) is 1. The van der Waals surface area contributed by atoms with Gasteiger partial charge in [-0.05, 0) is 17.5 Å². The lowest BCUT2D eigenvalue weighted by Gasteiger charge is -2.16. The number of benzene rings is 1. The highest BCUT2D eigenvalue weighted by molar-refractivity contribution is 7.71. The maximum absolute atomic E-state index is 10.4. The Bertz CT molecular complexity index is 905.